The van der Waals surface area contributed by atoms with Gasteiger partial charge in [-0.1, -0.05) is 13.3 Å². The van der Waals surface area contributed by atoms with Gasteiger partial charge in [0.15, 0.2) is 0 Å². The molecule has 0 bridgehead atoms. The first-order valence-corrected chi connectivity index (χ1v) is 5.11. The van der Waals surface area contributed by atoms with Crippen molar-refractivity contribution in [3.8, 4) is 0 Å². The van der Waals surface area contributed by atoms with Crippen molar-refractivity contribution in [1.82, 2.24) is 0 Å². The Kier molecular flexibility index (Phi) is 4.02. The normalized spacial score (nSPS) is 33.2. The van der Waals surface area contributed by atoms with Gasteiger partial charge in [-0.3, -0.25) is 0 Å². The Bertz CT molecular complexity index is 127. The molecule has 1 saturated heterocycles. The smallest absolute Gasteiger partial charge is 0.0550 e. The largest absolute Gasteiger partial charge is 0.378 e. The third-order valence-electron chi connectivity index (χ3n) is 2.75. The van der Waals surface area contributed by atoms with E-state index in [0.717, 1.165) is 25.9 Å². The molecule has 0 aliphatic carbocycles. The maximum Gasteiger partial charge on any atom is 0.0550 e. The van der Waals surface area contributed by atoms with Gasteiger partial charge in [0, 0.05) is 12.6 Å². The van der Waals surface area contributed by atoms with Gasteiger partial charge in [0.1, 0.15) is 0 Å². The zero-order valence-electron chi connectivity index (χ0n) is 8.25. The van der Waals surface area contributed by atoms with E-state index in [0.29, 0.717) is 18.1 Å². The van der Waals surface area contributed by atoms with E-state index in [1.165, 1.54) is 6.42 Å². The summed E-state index contributed by atoms with van der Waals surface area (Å²) >= 11 is 0. The molecular weight excluding hydrogens is 150 g/mol. The third-order valence-corrected chi connectivity index (χ3v) is 2.75. The zero-order valence-corrected chi connectivity index (χ0v) is 8.25. The highest BCUT2D eigenvalue weighted by Gasteiger charge is 2.23. The van der Waals surface area contributed by atoms with Crippen LogP contribution in [0.2, 0.25) is 0 Å². The second-order valence-electron chi connectivity index (χ2n) is 3.92. The van der Waals surface area contributed by atoms with Gasteiger partial charge in [-0.15, -0.1) is 0 Å². The average molecular weight is 171 g/mol. The maximum atomic E-state index is 6.07. The highest BCUT2D eigenvalue weighted by Crippen LogP contribution is 2.23. The van der Waals surface area contributed by atoms with Crippen LogP contribution in [0.4, 0.5) is 0 Å². The quantitative estimate of drug-likeness (QED) is 0.704. The lowest BCUT2D eigenvalue weighted by Crippen LogP contribution is -2.36. The van der Waals surface area contributed by atoms with Gasteiger partial charge >= 0.3 is 0 Å². The van der Waals surface area contributed by atoms with Crippen LogP contribution in [0.15, 0.2) is 0 Å². The Balaban J connectivity index is 2.29. The summed E-state index contributed by atoms with van der Waals surface area (Å²) in [6.07, 6.45) is 5.10. The van der Waals surface area contributed by atoms with Crippen LogP contribution in [0, 0.1) is 5.92 Å². The summed E-state index contributed by atoms with van der Waals surface area (Å²) in [6, 6.07) is 0.404. The predicted octanol–water partition coefficient (Wildman–Crippen LogP) is 1.93. The molecule has 2 N–H and O–H groups in total. The standard InChI is InChI=1S/C10H21NO/c1-3-4-10(11)9-5-6-12-8(2)7-9/h8-10H,3-7,11H2,1-2H3. The van der Waals surface area contributed by atoms with Crippen LogP contribution in [0.3, 0.4) is 0 Å². The predicted molar refractivity (Wildman–Crippen MR) is 51.0 cm³/mol. The Labute approximate surface area is 75.5 Å². The van der Waals surface area contributed by atoms with E-state index < -0.39 is 0 Å². The van der Waals surface area contributed by atoms with Gasteiger partial charge in [0.25, 0.3) is 0 Å². The van der Waals surface area contributed by atoms with Crippen molar-refractivity contribution in [2.24, 2.45) is 11.7 Å². The lowest BCUT2D eigenvalue weighted by molar-refractivity contribution is -0.00376. The monoisotopic (exact) mass is 171 g/mol. The topological polar surface area (TPSA) is 35.2 Å². The molecule has 0 spiro atoms. The van der Waals surface area contributed by atoms with Crippen molar-refractivity contribution in [3.05, 3.63) is 0 Å². The molecule has 0 aromatic rings. The van der Waals surface area contributed by atoms with Crippen LogP contribution in [0.1, 0.15) is 39.5 Å². The maximum absolute atomic E-state index is 6.07. The molecule has 0 saturated carbocycles. The Morgan fingerprint density at radius 3 is 2.92 bits per heavy atom. The van der Waals surface area contributed by atoms with Crippen LogP contribution in [-0.2, 0) is 4.74 Å². The molecule has 1 aliphatic heterocycles. The van der Waals surface area contributed by atoms with Gasteiger partial charge < -0.3 is 10.5 Å². The van der Waals surface area contributed by atoms with Crippen molar-refractivity contribution >= 4 is 0 Å². The molecular formula is C10H21NO. The van der Waals surface area contributed by atoms with E-state index in [1.807, 2.05) is 0 Å². The molecule has 2 nitrogen and oxygen atoms in total. The summed E-state index contributed by atoms with van der Waals surface area (Å²) in [5, 5.41) is 0. The highest BCUT2D eigenvalue weighted by molar-refractivity contribution is 4.77. The minimum atomic E-state index is 0.404. The average Bonchev–Trinajstić information content (AvgIpc) is 2.05. The second kappa shape index (κ2) is 4.83. The highest BCUT2D eigenvalue weighted by atomic mass is 16.5. The fourth-order valence-corrected chi connectivity index (χ4v) is 1.99. The summed E-state index contributed by atoms with van der Waals surface area (Å²) in [4.78, 5) is 0. The van der Waals surface area contributed by atoms with Crippen LogP contribution >= 0.6 is 0 Å². The Hall–Kier alpha value is -0.0800. The van der Waals surface area contributed by atoms with Crippen LogP contribution < -0.4 is 5.73 Å². The van der Waals surface area contributed by atoms with Gasteiger partial charge in [-0.05, 0) is 32.1 Å². The van der Waals surface area contributed by atoms with E-state index in [4.69, 9.17) is 10.5 Å². The van der Waals surface area contributed by atoms with E-state index >= 15 is 0 Å². The third kappa shape index (κ3) is 2.76. The van der Waals surface area contributed by atoms with E-state index in [1.54, 1.807) is 0 Å². The van der Waals surface area contributed by atoms with E-state index in [2.05, 4.69) is 13.8 Å². The van der Waals surface area contributed by atoms with Gasteiger partial charge in [-0.25, -0.2) is 0 Å². The molecule has 3 atom stereocenters. The van der Waals surface area contributed by atoms with Crippen molar-refractivity contribution in [2.75, 3.05) is 6.61 Å². The number of hydrogen-bond donors (Lipinski definition) is 1. The Morgan fingerprint density at radius 1 is 1.58 bits per heavy atom. The molecule has 0 radical (unpaired) electrons. The molecule has 0 aromatic carbocycles. The van der Waals surface area contributed by atoms with Crippen LogP contribution in [0.25, 0.3) is 0 Å². The lowest BCUT2D eigenvalue weighted by Gasteiger charge is -2.31. The van der Waals surface area contributed by atoms with Gasteiger partial charge in [-0.2, -0.15) is 0 Å². The molecule has 12 heavy (non-hydrogen) atoms. The lowest BCUT2D eigenvalue weighted by atomic mass is 9.87. The first-order valence-electron chi connectivity index (χ1n) is 5.11. The molecule has 1 rings (SSSR count). The van der Waals surface area contributed by atoms with Gasteiger partial charge in [0.2, 0.25) is 0 Å². The van der Waals surface area contributed by atoms with Crippen molar-refractivity contribution in [1.29, 1.82) is 0 Å². The van der Waals surface area contributed by atoms with Crippen molar-refractivity contribution in [2.45, 2.75) is 51.7 Å². The molecule has 2 heteroatoms. The summed E-state index contributed by atoms with van der Waals surface area (Å²) in [5.41, 5.74) is 6.07. The van der Waals surface area contributed by atoms with Crippen LogP contribution in [0.5, 0.6) is 0 Å². The Morgan fingerprint density at radius 2 is 2.33 bits per heavy atom. The number of rotatable bonds is 3. The zero-order chi connectivity index (χ0) is 8.97. The minimum Gasteiger partial charge on any atom is -0.378 e. The van der Waals surface area contributed by atoms with Gasteiger partial charge in [0.05, 0.1) is 6.10 Å². The molecule has 0 amide bonds. The summed E-state index contributed by atoms with van der Waals surface area (Å²) in [5.74, 6) is 0.702. The number of nitrogens with two attached hydrogens (primary N) is 1. The minimum absolute atomic E-state index is 0.404. The van der Waals surface area contributed by atoms with Crippen molar-refractivity contribution < 1.29 is 4.74 Å². The second-order valence-corrected chi connectivity index (χ2v) is 3.92. The fraction of sp³-hybridized carbons (Fsp3) is 1.00. The number of ether oxygens (including phenoxy) is 1. The number of hydrogen-bond acceptors (Lipinski definition) is 2. The molecule has 1 aliphatic rings. The first kappa shape index (κ1) is 10.0. The van der Waals surface area contributed by atoms with Crippen molar-refractivity contribution in [3.63, 3.8) is 0 Å². The first-order chi connectivity index (χ1) is 5.74. The summed E-state index contributed by atoms with van der Waals surface area (Å²) in [7, 11) is 0. The molecule has 1 fully saturated rings. The summed E-state index contributed by atoms with van der Waals surface area (Å²) < 4.78 is 5.48. The fourth-order valence-electron chi connectivity index (χ4n) is 1.99. The molecule has 1 heterocycles. The molecule has 0 aromatic heterocycles. The van der Waals surface area contributed by atoms with E-state index in [9.17, 15) is 0 Å². The molecule has 3 unspecified atom stereocenters. The molecule has 72 valence electrons. The van der Waals surface area contributed by atoms with Crippen LogP contribution in [-0.4, -0.2) is 18.8 Å². The van der Waals surface area contributed by atoms with E-state index in [-0.39, 0.29) is 0 Å². The SMILES string of the molecule is CCCC(N)C1CCOC(C)C1. The summed E-state index contributed by atoms with van der Waals surface area (Å²) in [6.45, 7) is 5.25.